The first kappa shape index (κ1) is 17.5. The minimum Gasteiger partial charge on any atom is -0.384 e. The van der Waals surface area contributed by atoms with E-state index in [1.165, 1.54) is 38.2 Å². The minimum atomic E-state index is -4.32. The molecule has 1 aromatic heterocycles. The molecule has 128 valence electrons. The first-order valence-electron chi connectivity index (χ1n) is 6.75. The number of rotatable bonds is 4. The van der Waals surface area contributed by atoms with Gasteiger partial charge in [-0.3, -0.25) is 23.4 Å². The molecule has 0 aliphatic rings. The predicted octanol–water partition coefficient (Wildman–Crippen LogP) is -0.330. The van der Waals surface area contributed by atoms with E-state index in [4.69, 9.17) is 5.73 Å². The lowest BCUT2D eigenvalue weighted by Gasteiger charge is -2.13. The van der Waals surface area contributed by atoms with Crippen LogP contribution in [0, 0.1) is 0 Å². The van der Waals surface area contributed by atoms with Crippen molar-refractivity contribution in [2.45, 2.75) is 11.8 Å². The van der Waals surface area contributed by atoms with Crippen molar-refractivity contribution in [1.29, 1.82) is 0 Å². The second kappa shape index (κ2) is 5.96. The molecule has 10 heteroatoms. The number of nitrogens with zero attached hydrogens (tertiary/aromatic N) is 2. The summed E-state index contributed by atoms with van der Waals surface area (Å²) in [7, 11) is -1.90. The molecule has 2 aromatic rings. The lowest BCUT2D eigenvalue weighted by atomic mass is 10.1. The van der Waals surface area contributed by atoms with Gasteiger partial charge in [0, 0.05) is 25.3 Å². The fraction of sp³-hybridized carbons (Fsp3) is 0.214. The van der Waals surface area contributed by atoms with Crippen LogP contribution in [0.15, 0.2) is 38.8 Å². The topological polar surface area (TPSA) is 133 Å². The SMILES string of the molecule is CC(=O)c1ccc(NS(=O)(=O)c2c(N)n(C)c(=O)n(C)c2=O)cc1. The highest BCUT2D eigenvalue weighted by molar-refractivity contribution is 7.92. The van der Waals surface area contributed by atoms with Gasteiger partial charge in [0.15, 0.2) is 10.7 Å². The number of nitrogens with one attached hydrogen (secondary N) is 1. The number of nitrogens with two attached hydrogens (primary N) is 1. The Morgan fingerprint density at radius 2 is 1.62 bits per heavy atom. The largest absolute Gasteiger partial charge is 0.384 e. The molecule has 0 unspecified atom stereocenters. The number of carbonyl (C=O) groups excluding carboxylic acids is 1. The van der Waals surface area contributed by atoms with Gasteiger partial charge in [-0.25, -0.2) is 13.2 Å². The smallest absolute Gasteiger partial charge is 0.332 e. The summed E-state index contributed by atoms with van der Waals surface area (Å²) < 4.78 is 28.7. The van der Waals surface area contributed by atoms with E-state index in [0.29, 0.717) is 10.1 Å². The fourth-order valence-electron chi connectivity index (χ4n) is 2.06. The molecule has 2 rings (SSSR count). The average molecular weight is 352 g/mol. The van der Waals surface area contributed by atoms with E-state index < -0.39 is 32.0 Å². The van der Waals surface area contributed by atoms with E-state index in [9.17, 15) is 22.8 Å². The Bertz CT molecular complexity index is 1030. The number of benzene rings is 1. The van der Waals surface area contributed by atoms with Crippen LogP contribution in [0.2, 0.25) is 0 Å². The third-order valence-corrected chi connectivity index (χ3v) is 4.90. The molecule has 24 heavy (non-hydrogen) atoms. The predicted molar refractivity (Wildman–Crippen MR) is 88.6 cm³/mol. The molecule has 1 heterocycles. The molecule has 9 nitrogen and oxygen atoms in total. The summed E-state index contributed by atoms with van der Waals surface area (Å²) in [6.07, 6.45) is 0. The van der Waals surface area contributed by atoms with Gasteiger partial charge in [0.1, 0.15) is 5.82 Å². The second-order valence-corrected chi connectivity index (χ2v) is 6.78. The van der Waals surface area contributed by atoms with Gasteiger partial charge in [0.25, 0.3) is 15.6 Å². The number of anilines is 2. The van der Waals surface area contributed by atoms with E-state index in [1.54, 1.807) is 0 Å². The number of nitrogen functional groups attached to an aromatic ring is 1. The summed E-state index contributed by atoms with van der Waals surface area (Å²) in [6, 6.07) is 5.67. The Labute approximate surface area is 137 Å². The number of Topliss-reactive ketones (excluding diaryl/α,β-unsaturated/α-hetero) is 1. The number of hydrogen-bond donors (Lipinski definition) is 2. The highest BCUT2D eigenvalue weighted by Crippen LogP contribution is 2.17. The monoisotopic (exact) mass is 352 g/mol. The summed E-state index contributed by atoms with van der Waals surface area (Å²) in [5, 5.41) is 0. The average Bonchev–Trinajstić information content (AvgIpc) is 2.51. The van der Waals surface area contributed by atoms with Gasteiger partial charge in [-0.1, -0.05) is 0 Å². The molecular formula is C14H16N4O5S. The Morgan fingerprint density at radius 1 is 1.08 bits per heavy atom. The number of ketones is 1. The van der Waals surface area contributed by atoms with Crippen molar-refractivity contribution in [1.82, 2.24) is 9.13 Å². The van der Waals surface area contributed by atoms with Crippen LogP contribution in [0.3, 0.4) is 0 Å². The zero-order valence-corrected chi connectivity index (χ0v) is 14.0. The van der Waals surface area contributed by atoms with Gasteiger partial charge < -0.3 is 5.73 Å². The van der Waals surface area contributed by atoms with Crippen LogP contribution >= 0.6 is 0 Å². The zero-order chi connectivity index (χ0) is 18.2. The summed E-state index contributed by atoms with van der Waals surface area (Å²) in [4.78, 5) is 34.4. The summed E-state index contributed by atoms with van der Waals surface area (Å²) in [5.41, 5.74) is 4.44. The molecule has 1 aromatic carbocycles. The minimum absolute atomic E-state index is 0.148. The van der Waals surface area contributed by atoms with Crippen LogP contribution in [0.4, 0.5) is 11.5 Å². The number of sulfonamides is 1. The van der Waals surface area contributed by atoms with E-state index in [1.807, 2.05) is 0 Å². The molecule has 0 bridgehead atoms. The number of aromatic nitrogens is 2. The first-order valence-corrected chi connectivity index (χ1v) is 8.24. The van der Waals surface area contributed by atoms with Gasteiger partial charge in [-0.05, 0) is 31.2 Å². The Balaban J connectivity index is 2.54. The van der Waals surface area contributed by atoms with E-state index in [-0.39, 0.29) is 11.5 Å². The molecule has 0 amide bonds. The molecule has 0 aliphatic carbocycles. The van der Waals surface area contributed by atoms with Crippen molar-refractivity contribution < 1.29 is 13.2 Å². The van der Waals surface area contributed by atoms with Crippen molar-refractivity contribution in [2.24, 2.45) is 14.1 Å². The van der Waals surface area contributed by atoms with Gasteiger partial charge in [-0.2, -0.15) is 0 Å². The van der Waals surface area contributed by atoms with Gasteiger partial charge >= 0.3 is 5.69 Å². The third kappa shape index (κ3) is 2.95. The van der Waals surface area contributed by atoms with Crippen LogP contribution < -0.4 is 21.7 Å². The van der Waals surface area contributed by atoms with Gasteiger partial charge in [-0.15, -0.1) is 0 Å². The van der Waals surface area contributed by atoms with Crippen LogP contribution in [-0.2, 0) is 24.1 Å². The first-order chi connectivity index (χ1) is 11.1. The lowest BCUT2D eigenvalue weighted by molar-refractivity contribution is 0.101. The van der Waals surface area contributed by atoms with Crippen LogP contribution in [0.5, 0.6) is 0 Å². The van der Waals surface area contributed by atoms with Crippen LogP contribution in [0.25, 0.3) is 0 Å². The Morgan fingerprint density at radius 3 is 2.12 bits per heavy atom. The molecule has 3 N–H and O–H groups in total. The van der Waals surface area contributed by atoms with E-state index in [0.717, 1.165) is 11.6 Å². The maximum absolute atomic E-state index is 12.5. The molecule has 0 fully saturated rings. The molecule has 0 aliphatic heterocycles. The van der Waals surface area contributed by atoms with Crippen molar-refractivity contribution in [3.8, 4) is 0 Å². The van der Waals surface area contributed by atoms with Crippen molar-refractivity contribution in [3.05, 3.63) is 50.7 Å². The summed E-state index contributed by atoms with van der Waals surface area (Å²) in [6.45, 7) is 1.38. The standard InChI is InChI=1S/C14H16N4O5S/c1-8(19)9-4-6-10(7-5-9)16-24(22,23)11-12(15)17(2)14(21)18(3)13(11)20/h4-7,16H,15H2,1-3H3. The van der Waals surface area contributed by atoms with Gasteiger partial charge in [0.2, 0.25) is 0 Å². The highest BCUT2D eigenvalue weighted by Gasteiger charge is 2.26. The van der Waals surface area contributed by atoms with Crippen LogP contribution in [0.1, 0.15) is 17.3 Å². The van der Waals surface area contributed by atoms with Crippen molar-refractivity contribution in [2.75, 3.05) is 10.5 Å². The zero-order valence-electron chi connectivity index (χ0n) is 13.2. The maximum Gasteiger partial charge on any atom is 0.332 e. The number of hydrogen-bond acceptors (Lipinski definition) is 6. The second-order valence-electron chi connectivity index (χ2n) is 5.16. The van der Waals surface area contributed by atoms with E-state index >= 15 is 0 Å². The molecule has 0 spiro atoms. The fourth-order valence-corrected chi connectivity index (χ4v) is 3.39. The normalized spacial score (nSPS) is 11.3. The molecule has 0 radical (unpaired) electrons. The quantitative estimate of drug-likeness (QED) is 0.724. The summed E-state index contributed by atoms with van der Waals surface area (Å²) in [5.74, 6) is -0.628. The Kier molecular flexibility index (Phi) is 4.34. The third-order valence-electron chi connectivity index (χ3n) is 3.48. The van der Waals surface area contributed by atoms with E-state index in [2.05, 4.69) is 4.72 Å². The molecular weight excluding hydrogens is 336 g/mol. The number of carbonyl (C=O) groups is 1. The highest BCUT2D eigenvalue weighted by atomic mass is 32.2. The van der Waals surface area contributed by atoms with Gasteiger partial charge in [0.05, 0.1) is 0 Å². The molecule has 0 saturated heterocycles. The summed E-state index contributed by atoms with van der Waals surface area (Å²) >= 11 is 0. The maximum atomic E-state index is 12.5. The Hall–Kier alpha value is -2.88. The van der Waals surface area contributed by atoms with Crippen molar-refractivity contribution >= 4 is 27.3 Å². The molecule has 0 atom stereocenters. The van der Waals surface area contributed by atoms with Crippen LogP contribution in [-0.4, -0.2) is 23.3 Å². The van der Waals surface area contributed by atoms with Crippen molar-refractivity contribution in [3.63, 3.8) is 0 Å². The molecule has 0 saturated carbocycles. The lowest BCUT2D eigenvalue weighted by Crippen LogP contribution is -2.42.